The third-order valence-electron chi connectivity index (χ3n) is 2.02. The summed E-state index contributed by atoms with van der Waals surface area (Å²) in [4.78, 5) is 17.8. The van der Waals surface area contributed by atoms with Crippen molar-refractivity contribution in [3.8, 4) is 0 Å². The maximum Gasteiger partial charge on any atom is 0.357 e. The lowest BCUT2D eigenvalue weighted by Crippen LogP contribution is -2.09. The zero-order valence-corrected chi connectivity index (χ0v) is 8.87. The molecule has 0 fully saturated rings. The van der Waals surface area contributed by atoms with Gasteiger partial charge < -0.3 is 5.11 Å². The van der Waals surface area contributed by atoms with Gasteiger partial charge in [-0.2, -0.15) is 11.3 Å². The van der Waals surface area contributed by atoms with Gasteiger partial charge in [0.05, 0.1) is 5.69 Å². The van der Waals surface area contributed by atoms with E-state index in [-0.39, 0.29) is 12.1 Å². The Bertz CT molecular complexity index is 514. The second-order valence-corrected chi connectivity index (χ2v) is 3.88. The molecule has 0 radical (unpaired) electrons. The van der Waals surface area contributed by atoms with E-state index in [1.807, 2.05) is 16.8 Å². The molecule has 2 heterocycles. The highest BCUT2D eigenvalue weighted by molar-refractivity contribution is 7.07. The van der Waals surface area contributed by atoms with Crippen LogP contribution in [0.4, 0.5) is 4.39 Å². The first-order chi connectivity index (χ1) is 7.68. The van der Waals surface area contributed by atoms with Crippen molar-refractivity contribution >= 4 is 17.3 Å². The van der Waals surface area contributed by atoms with Crippen molar-refractivity contribution in [3.05, 3.63) is 45.9 Å². The average molecular weight is 238 g/mol. The minimum Gasteiger partial charge on any atom is -0.476 e. The van der Waals surface area contributed by atoms with Crippen LogP contribution in [0.15, 0.2) is 23.2 Å². The molecule has 0 atom stereocenters. The highest BCUT2D eigenvalue weighted by Crippen LogP contribution is 2.15. The van der Waals surface area contributed by atoms with Crippen molar-refractivity contribution in [1.29, 1.82) is 0 Å². The quantitative estimate of drug-likeness (QED) is 0.887. The average Bonchev–Trinajstić information content (AvgIpc) is 2.73. The predicted octanol–water partition coefficient (Wildman–Crippen LogP) is 1.97. The van der Waals surface area contributed by atoms with Gasteiger partial charge >= 0.3 is 5.97 Å². The lowest BCUT2D eigenvalue weighted by molar-refractivity contribution is 0.0684. The summed E-state index contributed by atoms with van der Waals surface area (Å²) in [7, 11) is 0. The molecule has 6 heteroatoms. The summed E-state index contributed by atoms with van der Waals surface area (Å²) in [5.41, 5.74) is 0.421. The molecule has 0 aliphatic rings. The Hall–Kier alpha value is -1.82. The molecular formula is C10H7FN2O2S. The maximum absolute atomic E-state index is 13.6. The zero-order valence-electron chi connectivity index (χ0n) is 8.05. The first-order valence-corrected chi connectivity index (χ1v) is 5.36. The van der Waals surface area contributed by atoms with Crippen LogP contribution in [0.5, 0.6) is 0 Å². The standard InChI is InChI=1S/C10H7FN2O2S/c11-8-7(3-6-1-2-16-4-6)12-5-13-9(8)10(14)15/h1-2,4-5H,3H2,(H,14,15). The SMILES string of the molecule is O=C(O)c1ncnc(Cc2ccsc2)c1F. The number of nitrogens with zero attached hydrogens (tertiary/aromatic N) is 2. The van der Waals surface area contributed by atoms with Gasteiger partial charge in [0.2, 0.25) is 0 Å². The normalized spacial score (nSPS) is 10.3. The Morgan fingerprint density at radius 3 is 2.94 bits per heavy atom. The van der Waals surface area contributed by atoms with Crippen molar-refractivity contribution in [1.82, 2.24) is 9.97 Å². The van der Waals surface area contributed by atoms with Gasteiger partial charge in [-0.25, -0.2) is 19.2 Å². The maximum atomic E-state index is 13.6. The Balaban J connectivity index is 2.35. The van der Waals surface area contributed by atoms with E-state index in [0.29, 0.717) is 0 Å². The van der Waals surface area contributed by atoms with Gasteiger partial charge in [0.15, 0.2) is 11.5 Å². The van der Waals surface area contributed by atoms with Gasteiger partial charge in [0.25, 0.3) is 0 Å². The van der Waals surface area contributed by atoms with E-state index in [0.717, 1.165) is 11.9 Å². The van der Waals surface area contributed by atoms with Gasteiger partial charge in [-0.1, -0.05) is 0 Å². The number of carboxylic acid groups (broad SMARTS) is 1. The molecule has 2 aromatic heterocycles. The summed E-state index contributed by atoms with van der Waals surface area (Å²) >= 11 is 1.49. The minimum absolute atomic E-state index is 0.103. The molecule has 0 amide bonds. The molecule has 0 spiro atoms. The van der Waals surface area contributed by atoms with E-state index in [2.05, 4.69) is 9.97 Å². The Kier molecular flexibility index (Phi) is 2.91. The first-order valence-electron chi connectivity index (χ1n) is 4.42. The summed E-state index contributed by atoms with van der Waals surface area (Å²) in [5, 5.41) is 12.4. The van der Waals surface area contributed by atoms with Crippen molar-refractivity contribution in [3.63, 3.8) is 0 Å². The van der Waals surface area contributed by atoms with Crippen molar-refractivity contribution in [2.45, 2.75) is 6.42 Å². The van der Waals surface area contributed by atoms with Gasteiger partial charge in [-0.3, -0.25) is 0 Å². The van der Waals surface area contributed by atoms with E-state index in [4.69, 9.17) is 5.11 Å². The lowest BCUT2D eigenvalue weighted by Gasteiger charge is -2.02. The van der Waals surface area contributed by atoms with Crippen LogP contribution in [-0.4, -0.2) is 21.0 Å². The van der Waals surface area contributed by atoms with Gasteiger partial charge in [-0.05, 0) is 22.4 Å². The summed E-state index contributed by atoms with van der Waals surface area (Å²) < 4.78 is 13.6. The van der Waals surface area contributed by atoms with Crippen LogP contribution in [0.1, 0.15) is 21.7 Å². The van der Waals surface area contributed by atoms with Crippen LogP contribution >= 0.6 is 11.3 Å². The molecule has 0 saturated carbocycles. The fourth-order valence-electron chi connectivity index (χ4n) is 1.27. The smallest absolute Gasteiger partial charge is 0.357 e. The summed E-state index contributed by atoms with van der Waals surface area (Å²) in [6.07, 6.45) is 1.34. The lowest BCUT2D eigenvalue weighted by atomic mass is 10.1. The largest absolute Gasteiger partial charge is 0.476 e. The highest BCUT2D eigenvalue weighted by atomic mass is 32.1. The predicted molar refractivity (Wildman–Crippen MR) is 56.1 cm³/mol. The number of carbonyl (C=O) groups is 1. The second kappa shape index (κ2) is 4.36. The van der Waals surface area contributed by atoms with Crippen molar-refractivity contribution in [2.75, 3.05) is 0 Å². The first kappa shape index (κ1) is 10.7. The monoisotopic (exact) mass is 238 g/mol. The van der Waals surface area contributed by atoms with E-state index < -0.39 is 17.5 Å². The second-order valence-electron chi connectivity index (χ2n) is 3.10. The molecule has 2 aromatic rings. The number of halogens is 1. The topological polar surface area (TPSA) is 63.1 Å². The minimum atomic E-state index is -1.38. The van der Waals surface area contributed by atoms with Gasteiger partial charge in [0.1, 0.15) is 6.33 Å². The number of carboxylic acids is 1. The molecule has 0 bridgehead atoms. The third kappa shape index (κ3) is 2.06. The molecule has 0 aliphatic heterocycles. The fourth-order valence-corrected chi connectivity index (χ4v) is 1.93. The van der Waals surface area contributed by atoms with E-state index in [9.17, 15) is 9.18 Å². The molecule has 1 N–H and O–H groups in total. The number of thiophene rings is 1. The molecular weight excluding hydrogens is 231 g/mol. The Morgan fingerprint density at radius 1 is 1.50 bits per heavy atom. The van der Waals surface area contributed by atoms with Crippen LogP contribution in [0, 0.1) is 5.82 Å². The van der Waals surface area contributed by atoms with E-state index in [1.165, 1.54) is 11.3 Å². The van der Waals surface area contributed by atoms with Crippen LogP contribution in [0.2, 0.25) is 0 Å². The summed E-state index contributed by atoms with van der Waals surface area (Å²) in [5.74, 6) is -2.24. The molecule has 0 saturated heterocycles. The van der Waals surface area contributed by atoms with Gasteiger partial charge in [0, 0.05) is 6.42 Å². The van der Waals surface area contributed by atoms with E-state index in [1.54, 1.807) is 0 Å². The molecule has 4 nitrogen and oxygen atoms in total. The molecule has 16 heavy (non-hydrogen) atoms. The Morgan fingerprint density at radius 2 is 2.31 bits per heavy atom. The number of aromatic nitrogens is 2. The Labute approximate surface area is 94.4 Å². The molecule has 0 aromatic carbocycles. The fraction of sp³-hybridized carbons (Fsp3) is 0.100. The van der Waals surface area contributed by atoms with E-state index >= 15 is 0 Å². The number of hydrogen-bond acceptors (Lipinski definition) is 4. The van der Waals surface area contributed by atoms with Crippen LogP contribution in [-0.2, 0) is 6.42 Å². The van der Waals surface area contributed by atoms with Gasteiger partial charge in [-0.15, -0.1) is 0 Å². The number of aromatic carboxylic acids is 1. The van der Waals surface area contributed by atoms with Crippen molar-refractivity contribution < 1.29 is 14.3 Å². The highest BCUT2D eigenvalue weighted by Gasteiger charge is 2.16. The molecule has 0 aliphatic carbocycles. The number of hydrogen-bond donors (Lipinski definition) is 1. The molecule has 0 unspecified atom stereocenters. The number of rotatable bonds is 3. The zero-order chi connectivity index (χ0) is 11.5. The van der Waals surface area contributed by atoms with Crippen molar-refractivity contribution in [2.24, 2.45) is 0 Å². The summed E-state index contributed by atoms with van der Waals surface area (Å²) in [6, 6.07) is 1.84. The molecule has 82 valence electrons. The third-order valence-corrected chi connectivity index (χ3v) is 2.75. The molecule has 2 rings (SSSR count). The van der Waals surface area contributed by atoms with Crippen LogP contribution in [0.25, 0.3) is 0 Å². The van der Waals surface area contributed by atoms with Crippen LogP contribution < -0.4 is 0 Å². The van der Waals surface area contributed by atoms with Crippen LogP contribution in [0.3, 0.4) is 0 Å². The summed E-state index contributed by atoms with van der Waals surface area (Å²) in [6.45, 7) is 0.